The van der Waals surface area contributed by atoms with Gasteiger partial charge in [0.1, 0.15) is 5.82 Å². The van der Waals surface area contributed by atoms with E-state index in [1.54, 1.807) is 25.1 Å². The molecule has 7 heteroatoms. The Hall–Kier alpha value is -2.96. The number of amides is 1. The third kappa shape index (κ3) is 3.33. The topological polar surface area (TPSA) is 111 Å². The summed E-state index contributed by atoms with van der Waals surface area (Å²) >= 11 is 0. The lowest BCUT2D eigenvalue weighted by molar-refractivity contribution is -0.385. The van der Waals surface area contributed by atoms with Crippen molar-refractivity contribution >= 4 is 17.4 Å². The average molecular weight is 286 g/mol. The minimum atomic E-state index is -0.440. The number of nitrogens with zero attached hydrogens (tertiary/aromatic N) is 2. The number of nitrogen functional groups attached to an aromatic ring is 1. The van der Waals surface area contributed by atoms with E-state index in [1.165, 1.54) is 18.3 Å². The van der Waals surface area contributed by atoms with Crippen LogP contribution >= 0.6 is 0 Å². The summed E-state index contributed by atoms with van der Waals surface area (Å²) < 4.78 is 0. The monoisotopic (exact) mass is 286 g/mol. The van der Waals surface area contributed by atoms with Crippen LogP contribution in [-0.2, 0) is 6.54 Å². The lowest BCUT2D eigenvalue weighted by Gasteiger charge is -2.08. The molecular weight excluding hydrogens is 272 g/mol. The summed E-state index contributed by atoms with van der Waals surface area (Å²) in [6, 6.07) is 7.87. The number of nitro benzene ring substituents is 1. The number of hydrogen-bond acceptors (Lipinski definition) is 5. The van der Waals surface area contributed by atoms with E-state index in [0.717, 1.165) is 0 Å². The molecule has 1 heterocycles. The molecule has 0 aliphatic rings. The highest BCUT2D eigenvalue weighted by atomic mass is 16.6. The highest BCUT2D eigenvalue weighted by Crippen LogP contribution is 2.20. The summed E-state index contributed by atoms with van der Waals surface area (Å²) in [6.07, 6.45) is 1.38. The van der Waals surface area contributed by atoms with E-state index in [4.69, 9.17) is 5.73 Å². The maximum Gasteiger partial charge on any atom is 0.272 e. The Bertz CT molecular complexity index is 683. The molecule has 1 aromatic heterocycles. The second-order valence-electron chi connectivity index (χ2n) is 4.47. The van der Waals surface area contributed by atoms with Gasteiger partial charge in [-0.2, -0.15) is 0 Å². The van der Waals surface area contributed by atoms with Gasteiger partial charge in [0.15, 0.2) is 0 Å². The van der Waals surface area contributed by atoms with Gasteiger partial charge < -0.3 is 11.1 Å². The van der Waals surface area contributed by atoms with Crippen LogP contribution in [0.1, 0.15) is 21.5 Å². The van der Waals surface area contributed by atoms with Gasteiger partial charge in [0.2, 0.25) is 0 Å². The molecule has 1 amide bonds. The number of carbonyl (C=O) groups excluding carboxylic acids is 1. The molecule has 2 rings (SSSR count). The molecule has 21 heavy (non-hydrogen) atoms. The van der Waals surface area contributed by atoms with Crippen LogP contribution in [0.5, 0.6) is 0 Å². The zero-order valence-electron chi connectivity index (χ0n) is 11.4. The predicted molar refractivity (Wildman–Crippen MR) is 77.7 cm³/mol. The Balaban J connectivity index is 2.10. The van der Waals surface area contributed by atoms with Gasteiger partial charge in [0.25, 0.3) is 11.6 Å². The first-order valence-electron chi connectivity index (χ1n) is 6.21. The fraction of sp³-hybridized carbons (Fsp3) is 0.143. The van der Waals surface area contributed by atoms with Gasteiger partial charge in [-0.3, -0.25) is 14.9 Å². The van der Waals surface area contributed by atoms with Crippen LogP contribution < -0.4 is 11.1 Å². The van der Waals surface area contributed by atoms with Gasteiger partial charge >= 0.3 is 0 Å². The van der Waals surface area contributed by atoms with E-state index in [2.05, 4.69) is 10.3 Å². The van der Waals surface area contributed by atoms with Crippen molar-refractivity contribution in [3.8, 4) is 0 Å². The van der Waals surface area contributed by atoms with Gasteiger partial charge in [-0.1, -0.05) is 12.1 Å². The Morgan fingerprint density at radius 3 is 2.76 bits per heavy atom. The number of rotatable bonds is 4. The fourth-order valence-electron chi connectivity index (χ4n) is 1.88. The Labute approximate surface area is 121 Å². The first kappa shape index (κ1) is 14.4. The van der Waals surface area contributed by atoms with Crippen molar-refractivity contribution in [3.63, 3.8) is 0 Å². The summed E-state index contributed by atoms with van der Waals surface area (Å²) in [5.74, 6) is 0.0227. The number of carbonyl (C=O) groups is 1. The van der Waals surface area contributed by atoms with E-state index in [9.17, 15) is 14.9 Å². The molecule has 0 bridgehead atoms. The number of nitrogens with one attached hydrogen (secondary N) is 1. The first-order chi connectivity index (χ1) is 9.99. The molecule has 0 atom stereocenters. The smallest absolute Gasteiger partial charge is 0.272 e. The van der Waals surface area contributed by atoms with Gasteiger partial charge in [-0.05, 0) is 24.6 Å². The number of anilines is 1. The van der Waals surface area contributed by atoms with Crippen LogP contribution in [0.3, 0.4) is 0 Å². The number of aromatic nitrogens is 1. The number of nitro groups is 1. The first-order valence-corrected chi connectivity index (χ1v) is 6.21. The van der Waals surface area contributed by atoms with E-state index in [0.29, 0.717) is 22.5 Å². The zero-order valence-corrected chi connectivity index (χ0v) is 11.4. The van der Waals surface area contributed by atoms with E-state index < -0.39 is 4.92 Å². The SMILES string of the molecule is Cc1c(CNC(=O)c2ccc(N)nc2)cccc1[N+](=O)[O-]. The highest BCUT2D eigenvalue weighted by molar-refractivity contribution is 5.94. The molecular formula is C14H14N4O3. The van der Waals surface area contributed by atoms with Crippen molar-refractivity contribution in [3.05, 3.63) is 63.3 Å². The second kappa shape index (κ2) is 6.00. The number of pyridine rings is 1. The van der Waals surface area contributed by atoms with Gasteiger partial charge in [-0.25, -0.2) is 4.98 Å². The van der Waals surface area contributed by atoms with Gasteiger partial charge in [-0.15, -0.1) is 0 Å². The van der Waals surface area contributed by atoms with Crippen molar-refractivity contribution in [1.82, 2.24) is 10.3 Å². The van der Waals surface area contributed by atoms with Crippen LogP contribution in [0.4, 0.5) is 11.5 Å². The third-order valence-corrected chi connectivity index (χ3v) is 3.10. The van der Waals surface area contributed by atoms with Crippen molar-refractivity contribution in [2.45, 2.75) is 13.5 Å². The maximum absolute atomic E-state index is 11.9. The lowest BCUT2D eigenvalue weighted by Crippen LogP contribution is -2.23. The molecule has 7 nitrogen and oxygen atoms in total. The summed E-state index contributed by atoms with van der Waals surface area (Å²) in [4.78, 5) is 26.2. The Morgan fingerprint density at radius 2 is 2.14 bits per heavy atom. The van der Waals surface area contributed by atoms with Gasteiger partial charge in [0, 0.05) is 24.4 Å². The normalized spacial score (nSPS) is 10.1. The average Bonchev–Trinajstić information content (AvgIpc) is 2.46. The van der Waals surface area contributed by atoms with Crippen LogP contribution in [0.25, 0.3) is 0 Å². The minimum Gasteiger partial charge on any atom is -0.384 e. The standard InChI is InChI=1S/C14H14N4O3/c1-9-10(3-2-4-12(9)18(20)21)7-17-14(19)11-5-6-13(15)16-8-11/h2-6,8H,7H2,1H3,(H2,15,16)(H,17,19). The summed E-state index contributed by atoms with van der Waals surface area (Å²) in [5, 5.41) is 13.6. The largest absolute Gasteiger partial charge is 0.384 e. The van der Waals surface area contributed by atoms with Crippen molar-refractivity contribution in [1.29, 1.82) is 0 Å². The summed E-state index contributed by atoms with van der Waals surface area (Å²) in [6.45, 7) is 1.86. The highest BCUT2D eigenvalue weighted by Gasteiger charge is 2.14. The van der Waals surface area contributed by atoms with Gasteiger partial charge in [0.05, 0.1) is 10.5 Å². The molecule has 2 aromatic rings. The Kier molecular flexibility index (Phi) is 4.13. The predicted octanol–water partition coefficient (Wildman–Crippen LogP) is 1.81. The van der Waals surface area contributed by atoms with Crippen LogP contribution in [0.2, 0.25) is 0 Å². The second-order valence-corrected chi connectivity index (χ2v) is 4.47. The lowest BCUT2D eigenvalue weighted by atomic mass is 10.1. The molecule has 0 saturated heterocycles. The van der Waals surface area contributed by atoms with Crippen molar-refractivity contribution < 1.29 is 9.72 Å². The minimum absolute atomic E-state index is 0.0379. The number of hydrogen-bond donors (Lipinski definition) is 2. The number of nitrogens with two attached hydrogens (primary N) is 1. The van der Waals surface area contributed by atoms with Crippen LogP contribution in [-0.4, -0.2) is 15.8 Å². The molecule has 0 saturated carbocycles. The number of benzene rings is 1. The quantitative estimate of drug-likeness (QED) is 0.657. The molecule has 0 radical (unpaired) electrons. The third-order valence-electron chi connectivity index (χ3n) is 3.10. The molecule has 0 unspecified atom stereocenters. The van der Waals surface area contributed by atoms with Crippen molar-refractivity contribution in [2.75, 3.05) is 5.73 Å². The molecule has 3 N–H and O–H groups in total. The summed E-state index contributed by atoms with van der Waals surface area (Å²) in [7, 11) is 0. The van der Waals surface area contributed by atoms with Crippen LogP contribution in [0.15, 0.2) is 36.5 Å². The molecule has 0 aliphatic heterocycles. The molecule has 0 aliphatic carbocycles. The van der Waals surface area contributed by atoms with E-state index in [1.807, 2.05) is 0 Å². The Morgan fingerprint density at radius 1 is 1.38 bits per heavy atom. The fourth-order valence-corrected chi connectivity index (χ4v) is 1.88. The maximum atomic E-state index is 11.9. The molecule has 1 aromatic carbocycles. The molecule has 0 fully saturated rings. The molecule has 108 valence electrons. The van der Waals surface area contributed by atoms with E-state index in [-0.39, 0.29) is 18.1 Å². The summed E-state index contributed by atoms with van der Waals surface area (Å²) in [5.41, 5.74) is 7.10. The molecule has 0 spiro atoms. The van der Waals surface area contributed by atoms with E-state index >= 15 is 0 Å². The van der Waals surface area contributed by atoms with Crippen LogP contribution in [0, 0.1) is 17.0 Å². The van der Waals surface area contributed by atoms with Crippen molar-refractivity contribution in [2.24, 2.45) is 0 Å². The zero-order chi connectivity index (χ0) is 15.4.